The predicted octanol–water partition coefficient (Wildman–Crippen LogP) is 6.32. The van der Waals surface area contributed by atoms with E-state index in [4.69, 9.17) is 4.74 Å². The Morgan fingerprint density at radius 1 is 1.17 bits per heavy atom. The molecule has 3 rings (SSSR count). The number of amides is 1. The molecule has 0 saturated heterocycles. The fraction of sp³-hybridized carbons (Fsp3) is 0.429. The number of carbonyl (C=O) groups is 1. The molecule has 0 bridgehead atoms. The van der Waals surface area contributed by atoms with E-state index in [-0.39, 0.29) is 18.9 Å². The summed E-state index contributed by atoms with van der Waals surface area (Å²) >= 11 is 0. The van der Waals surface area contributed by atoms with Gasteiger partial charge in [0.2, 0.25) is 6.41 Å². The van der Waals surface area contributed by atoms with E-state index in [1.165, 1.54) is 0 Å². The van der Waals surface area contributed by atoms with Gasteiger partial charge in [-0.2, -0.15) is 5.26 Å². The van der Waals surface area contributed by atoms with Crippen LogP contribution in [-0.2, 0) is 4.79 Å². The largest absolute Gasteiger partial charge is 0.492 e. The first kappa shape index (κ1) is 26.2. The second-order valence-electron chi connectivity index (χ2n) is 9.00. The van der Waals surface area contributed by atoms with Crippen molar-refractivity contribution in [3.05, 3.63) is 65.9 Å². The molecule has 1 unspecified atom stereocenters. The summed E-state index contributed by atoms with van der Waals surface area (Å²) in [7, 11) is 0. The first-order valence-electron chi connectivity index (χ1n) is 12.0. The van der Waals surface area contributed by atoms with Crippen molar-refractivity contribution in [1.29, 1.82) is 5.26 Å². The fourth-order valence-corrected chi connectivity index (χ4v) is 4.76. The highest BCUT2D eigenvalue weighted by molar-refractivity contribution is 5.78. The quantitative estimate of drug-likeness (QED) is 0.373. The maximum absolute atomic E-state index is 15.1. The maximum atomic E-state index is 15.1. The van der Waals surface area contributed by atoms with E-state index in [0.717, 1.165) is 17.7 Å². The highest BCUT2D eigenvalue weighted by Gasteiger charge is 2.45. The molecule has 1 aliphatic rings. The number of rotatable bonds is 10. The second-order valence-corrected chi connectivity index (χ2v) is 9.00. The molecular weight excluding hydrogens is 448 g/mol. The van der Waals surface area contributed by atoms with Crippen molar-refractivity contribution < 1.29 is 18.3 Å². The first-order valence-corrected chi connectivity index (χ1v) is 12.0. The van der Waals surface area contributed by atoms with Crippen molar-refractivity contribution in [2.45, 2.75) is 46.0 Å². The van der Waals surface area contributed by atoms with E-state index in [1.54, 1.807) is 29.3 Å². The molecule has 0 heterocycles. The smallest absolute Gasteiger partial charge is 0.252 e. The molecule has 1 aliphatic carbocycles. The Hall–Kier alpha value is -3.40. The number of nitrogens with zero attached hydrogens (tertiary/aromatic N) is 3. The maximum Gasteiger partial charge on any atom is 0.252 e. The van der Waals surface area contributed by atoms with Gasteiger partial charge in [0.25, 0.3) is 5.92 Å². The highest BCUT2D eigenvalue weighted by Crippen LogP contribution is 2.43. The molecular formula is C28H33F2N3O2. The molecule has 2 atom stereocenters. The molecule has 1 fully saturated rings. The zero-order valence-electron chi connectivity index (χ0n) is 20.6. The van der Waals surface area contributed by atoms with Crippen LogP contribution in [0.2, 0.25) is 0 Å². The molecule has 2 aromatic carbocycles. The summed E-state index contributed by atoms with van der Waals surface area (Å²) in [5.74, 6) is -3.17. The lowest BCUT2D eigenvalue weighted by atomic mass is 9.78. The lowest BCUT2D eigenvalue weighted by Gasteiger charge is -2.40. The summed E-state index contributed by atoms with van der Waals surface area (Å²) in [6, 6.07) is 14.7. The van der Waals surface area contributed by atoms with Gasteiger partial charge in [0.05, 0.1) is 23.9 Å². The van der Waals surface area contributed by atoms with Crippen molar-refractivity contribution in [3.63, 3.8) is 0 Å². The Kier molecular flexibility index (Phi) is 8.86. The number of hydrogen-bond donors (Lipinski definition) is 0. The minimum atomic E-state index is -2.81. The lowest BCUT2D eigenvalue weighted by Crippen LogP contribution is -2.44. The van der Waals surface area contributed by atoms with E-state index < -0.39 is 11.8 Å². The summed E-state index contributed by atoms with van der Waals surface area (Å²) in [5, 5.41) is 9.31. The SMILES string of the molecule is C/C=C\N(C[C@@H]1CC(CN(C=O)c2ccccc2OCC)CCC1(F)F)c1cc(C#N)ccc1C. The molecule has 1 amide bonds. The molecule has 2 aromatic rings. The predicted molar refractivity (Wildman–Crippen MR) is 135 cm³/mol. The first-order chi connectivity index (χ1) is 16.8. The zero-order valence-corrected chi connectivity index (χ0v) is 20.6. The van der Waals surface area contributed by atoms with E-state index in [0.29, 0.717) is 43.0 Å². The van der Waals surface area contributed by atoms with Crippen molar-refractivity contribution in [3.8, 4) is 11.8 Å². The average Bonchev–Trinajstić information content (AvgIpc) is 2.85. The van der Waals surface area contributed by atoms with Crippen LogP contribution in [0.3, 0.4) is 0 Å². The van der Waals surface area contributed by atoms with Gasteiger partial charge in [-0.3, -0.25) is 4.79 Å². The van der Waals surface area contributed by atoms with Crippen molar-refractivity contribution in [2.75, 3.05) is 29.5 Å². The van der Waals surface area contributed by atoms with Gasteiger partial charge in [0.1, 0.15) is 5.75 Å². The van der Waals surface area contributed by atoms with Gasteiger partial charge in [0, 0.05) is 31.1 Å². The monoisotopic (exact) mass is 481 g/mol. The number of aryl methyl sites for hydroxylation is 1. The number of carbonyl (C=O) groups excluding carboxylic acids is 1. The van der Waals surface area contributed by atoms with Crippen LogP contribution in [0.4, 0.5) is 20.2 Å². The Labute approximate surface area is 206 Å². The minimum absolute atomic E-state index is 0.0708. The Morgan fingerprint density at radius 3 is 2.63 bits per heavy atom. The molecule has 0 spiro atoms. The molecule has 186 valence electrons. The number of hydrogen-bond acceptors (Lipinski definition) is 4. The molecule has 0 aromatic heterocycles. The number of allylic oxidation sites excluding steroid dienone is 1. The Morgan fingerprint density at radius 2 is 1.94 bits per heavy atom. The summed E-state index contributed by atoms with van der Waals surface area (Å²) in [6.07, 6.45) is 4.77. The number of halogens is 2. The van der Waals surface area contributed by atoms with Crippen molar-refractivity contribution >= 4 is 17.8 Å². The fourth-order valence-electron chi connectivity index (χ4n) is 4.76. The van der Waals surface area contributed by atoms with Crippen molar-refractivity contribution in [2.24, 2.45) is 11.8 Å². The number of para-hydroxylation sites is 2. The third kappa shape index (κ3) is 6.39. The summed E-state index contributed by atoms with van der Waals surface area (Å²) in [5.41, 5.74) is 2.80. The van der Waals surface area contributed by atoms with Gasteiger partial charge in [0.15, 0.2) is 0 Å². The molecule has 0 radical (unpaired) electrons. The standard InChI is InChI=1S/C28H33F2N3O2/c1-4-14-32(26-16-22(17-31)11-10-21(26)3)19-24-15-23(12-13-28(24,29)30)18-33(20-34)25-8-6-7-9-27(25)35-5-2/h4,6-11,14,16,20,23-24H,5,12-13,15,18-19H2,1-3H3/b14-4-/t23?,24-/m0/s1. The number of anilines is 2. The molecule has 7 heteroatoms. The van der Waals surface area contributed by atoms with Gasteiger partial charge in [-0.05, 0) is 75.6 Å². The number of alkyl halides is 2. The third-order valence-electron chi connectivity index (χ3n) is 6.55. The van der Waals surface area contributed by atoms with Crippen LogP contribution in [0.1, 0.15) is 44.2 Å². The van der Waals surface area contributed by atoms with Crippen LogP contribution in [-0.4, -0.2) is 32.0 Å². The van der Waals surface area contributed by atoms with Crippen LogP contribution in [0.25, 0.3) is 0 Å². The summed E-state index contributed by atoms with van der Waals surface area (Å²) in [6.45, 7) is 6.57. The molecule has 35 heavy (non-hydrogen) atoms. The minimum Gasteiger partial charge on any atom is -0.492 e. The molecule has 0 aliphatic heterocycles. The van der Waals surface area contributed by atoms with Gasteiger partial charge in [-0.25, -0.2) is 8.78 Å². The Balaban J connectivity index is 1.81. The van der Waals surface area contributed by atoms with Gasteiger partial charge < -0.3 is 14.5 Å². The second kappa shape index (κ2) is 11.8. The number of nitriles is 1. The van der Waals surface area contributed by atoms with Gasteiger partial charge >= 0.3 is 0 Å². The third-order valence-corrected chi connectivity index (χ3v) is 6.55. The van der Waals surface area contributed by atoms with Gasteiger partial charge in [-0.1, -0.05) is 24.3 Å². The topological polar surface area (TPSA) is 56.6 Å². The van der Waals surface area contributed by atoms with E-state index in [2.05, 4.69) is 6.07 Å². The van der Waals surface area contributed by atoms with Crippen LogP contribution in [0.15, 0.2) is 54.7 Å². The van der Waals surface area contributed by atoms with Gasteiger partial charge in [-0.15, -0.1) is 0 Å². The summed E-state index contributed by atoms with van der Waals surface area (Å²) in [4.78, 5) is 15.4. The van der Waals surface area contributed by atoms with E-state index in [1.807, 2.05) is 56.0 Å². The van der Waals surface area contributed by atoms with Crippen molar-refractivity contribution in [1.82, 2.24) is 0 Å². The molecule has 1 saturated carbocycles. The van der Waals surface area contributed by atoms with Crippen LogP contribution in [0.5, 0.6) is 5.75 Å². The van der Waals surface area contributed by atoms with E-state index >= 15 is 8.78 Å². The van der Waals surface area contributed by atoms with E-state index in [9.17, 15) is 10.1 Å². The van der Waals surface area contributed by atoms with Crippen LogP contribution in [0, 0.1) is 30.1 Å². The van der Waals surface area contributed by atoms with Crippen LogP contribution >= 0.6 is 0 Å². The molecule has 5 nitrogen and oxygen atoms in total. The number of benzene rings is 2. The summed E-state index contributed by atoms with van der Waals surface area (Å²) < 4.78 is 35.9. The Bertz CT molecular complexity index is 1080. The average molecular weight is 482 g/mol. The number of ether oxygens (including phenoxy) is 1. The normalized spacial score (nSPS) is 19.2. The zero-order chi connectivity index (χ0) is 25.4. The lowest BCUT2D eigenvalue weighted by molar-refractivity contribution is -0.108. The molecule has 0 N–H and O–H groups in total. The van der Waals surface area contributed by atoms with Crippen LogP contribution < -0.4 is 14.5 Å². The highest BCUT2D eigenvalue weighted by atomic mass is 19.3.